The summed E-state index contributed by atoms with van der Waals surface area (Å²) in [5, 5.41) is 2.12. The number of nitrogens with two attached hydrogens (primary N) is 1. The summed E-state index contributed by atoms with van der Waals surface area (Å²) in [5.74, 6) is 0.657. The number of thiocarbonyl (C=S) groups is 1. The second-order valence-electron chi connectivity index (χ2n) is 4.58. The fraction of sp³-hybridized carbons (Fsp3) is 0.583. The molecule has 1 aromatic rings. The van der Waals surface area contributed by atoms with Gasteiger partial charge in [0.15, 0.2) is 0 Å². The number of nitrogens with zero attached hydrogens (tertiary/aromatic N) is 1. The van der Waals surface area contributed by atoms with E-state index in [-0.39, 0.29) is 0 Å². The minimum atomic E-state index is 0.603. The van der Waals surface area contributed by atoms with Gasteiger partial charge < -0.3 is 5.73 Å². The summed E-state index contributed by atoms with van der Waals surface area (Å²) in [4.78, 5) is 4.40. The maximum Gasteiger partial charge on any atom is 0.0740 e. The molecule has 1 heterocycles. The summed E-state index contributed by atoms with van der Waals surface area (Å²) in [7, 11) is 0. The predicted octanol–water partition coefficient (Wildman–Crippen LogP) is 3.64. The largest absolute Gasteiger partial charge is 0.393 e. The minimum absolute atomic E-state index is 0.603. The normalized spacial score (nSPS) is 11.4. The quantitative estimate of drug-likeness (QED) is 0.772. The number of rotatable bonds is 7. The molecule has 0 aliphatic heterocycles. The Balaban J connectivity index is 2.53. The van der Waals surface area contributed by atoms with Crippen molar-refractivity contribution in [3.05, 3.63) is 20.8 Å². The molecule has 0 atom stereocenters. The third-order valence-electron chi connectivity index (χ3n) is 2.30. The molecule has 1 aromatic heterocycles. The van der Waals surface area contributed by atoms with E-state index in [9.17, 15) is 0 Å². The Bertz CT molecular complexity index is 363. The molecule has 96 valence electrons. The van der Waals surface area contributed by atoms with Crippen LogP contribution in [-0.4, -0.2) is 23.0 Å². The molecule has 0 aromatic carbocycles. The zero-order chi connectivity index (χ0) is 12.8. The fourth-order valence-electron chi connectivity index (χ4n) is 1.68. The summed E-state index contributed by atoms with van der Waals surface area (Å²) in [6.45, 7) is 7.48. The highest BCUT2D eigenvalue weighted by molar-refractivity contribution is 9.10. The molecule has 0 saturated carbocycles. The van der Waals surface area contributed by atoms with E-state index in [1.165, 1.54) is 4.88 Å². The molecule has 2 nitrogen and oxygen atoms in total. The first-order valence-electron chi connectivity index (χ1n) is 5.71. The van der Waals surface area contributed by atoms with Gasteiger partial charge >= 0.3 is 0 Å². The zero-order valence-electron chi connectivity index (χ0n) is 10.3. The van der Waals surface area contributed by atoms with Gasteiger partial charge in [-0.2, -0.15) is 0 Å². The number of thiophene rings is 1. The molecule has 0 unspecified atom stereocenters. The van der Waals surface area contributed by atoms with E-state index in [1.807, 2.05) is 0 Å². The van der Waals surface area contributed by atoms with Gasteiger partial charge in [0.25, 0.3) is 0 Å². The van der Waals surface area contributed by atoms with E-state index in [0.717, 1.165) is 30.5 Å². The van der Waals surface area contributed by atoms with Crippen molar-refractivity contribution in [3.63, 3.8) is 0 Å². The van der Waals surface area contributed by atoms with E-state index in [0.29, 0.717) is 10.9 Å². The summed E-state index contributed by atoms with van der Waals surface area (Å²) >= 11 is 10.2. The Morgan fingerprint density at radius 1 is 1.59 bits per heavy atom. The van der Waals surface area contributed by atoms with Gasteiger partial charge in [-0.1, -0.05) is 26.1 Å². The van der Waals surface area contributed by atoms with Crippen LogP contribution in [0, 0.1) is 5.92 Å². The lowest BCUT2D eigenvalue weighted by molar-refractivity contribution is 0.245. The topological polar surface area (TPSA) is 29.3 Å². The van der Waals surface area contributed by atoms with Crippen molar-refractivity contribution in [2.75, 3.05) is 13.1 Å². The maximum absolute atomic E-state index is 5.57. The van der Waals surface area contributed by atoms with Crippen molar-refractivity contribution in [1.29, 1.82) is 0 Å². The molecule has 5 heteroatoms. The smallest absolute Gasteiger partial charge is 0.0740 e. The van der Waals surface area contributed by atoms with E-state index in [2.05, 4.69) is 46.1 Å². The molecule has 0 fully saturated rings. The van der Waals surface area contributed by atoms with E-state index < -0.39 is 0 Å². The highest BCUT2D eigenvalue weighted by Gasteiger charge is 2.10. The Kier molecular flexibility index (Phi) is 6.62. The van der Waals surface area contributed by atoms with Crippen LogP contribution in [0.15, 0.2) is 15.9 Å². The molecular weight excluding hydrogens is 316 g/mol. The molecule has 0 amide bonds. The lowest BCUT2D eigenvalue weighted by Gasteiger charge is -2.23. The lowest BCUT2D eigenvalue weighted by Crippen LogP contribution is -2.30. The second kappa shape index (κ2) is 7.46. The van der Waals surface area contributed by atoms with E-state index >= 15 is 0 Å². The molecule has 2 N–H and O–H groups in total. The Morgan fingerprint density at radius 2 is 2.29 bits per heavy atom. The van der Waals surface area contributed by atoms with Crippen molar-refractivity contribution >= 4 is 44.5 Å². The summed E-state index contributed by atoms with van der Waals surface area (Å²) in [6.07, 6.45) is 0.800. The van der Waals surface area contributed by atoms with Gasteiger partial charge in [-0.05, 0) is 27.9 Å². The first-order chi connectivity index (χ1) is 7.97. The Morgan fingerprint density at radius 3 is 2.76 bits per heavy atom. The van der Waals surface area contributed by atoms with Gasteiger partial charge in [0, 0.05) is 40.8 Å². The summed E-state index contributed by atoms with van der Waals surface area (Å²) < 4.78 is 1.16. The van der Waals surface area contributed by atoms with Gasteiger partial charge in [-0.15, -0.1) is 11.3 Å². The monoisotopic (exact) mass is 334 g/mol. The number of hydrogen-bond donors (Lipinski definition) is 1. The van der Waals surface area contributed by atoms with E-state index in [1.54, 1.807) is 11.3 Å². The van der Waals surface area contributed by atoms with Crippen LogP contribution in [0.5, 0.6) is 0 Å². The van der Waals surface area contributed by atoms with Gasteiger partial charge in [0.2, 0.25) is 0 Å². The molecule has 0 aliphatic rings. The van der Waals surface area contributed by atoms with Crippen LogP contribution < -0.4 is 5.73 Å². The van der Waals surface area contributed by atoms with Crippen LogP contribution in [0.1, 0.15) is 25.1 Å². The third kappa shape index (κ3) is 6.50. The molecule has 0 saturated heterocycles. The second-order valence-corrected chi connectivity index (χ2v) is 7.01. The fourth-order valence-corrected chi connectivity index (χ4v) is 3.26. The van der Waals surface area contributed by atoms with Crippen LogP contribution in [-0.2, 0) is 6.54 Å². The molecule has 0 bridgehead atoms. The first kappa shape index (κ1) is 15.1. The van der Waals surface area contributed by atoms with Crippen molar-refractivity contribution in [2.45, 2.75) is 26.8 Å². The molecule has 17 heavy (non-hydrogen) atoms. The standard InChI is InChI=1S/C12H19BrN2S2/c1-9(2)6-15(4-3-12(14)16)7-11-5-10(13)8-17-11/h5,8-9H,3-4,6-7H2,1-2H3,(H2,14,16). The average Bonchev–Trinajstić information content (AvgIpc) is 2.59. The SMILES string of the molecule is CC(C)CN(CCC(N)=S)Cc1cc(Br)cs1. The summed E-state index contributed by atoms with van der Waals surface area (Å²) in [6, 6.07) is 2.18. The maximum atomic E-state index is 5.57. The van der Waals surface area contributed by atoms with Crippen LogP contribution in [0.4, 0.5) is 0 Å². The van der Waals surface area contributed by atoms with Crippen LogP contribution in [0.2, 0.25) is 0 Å². The molecular formula is C12H19BrN2S2. The van der Waals surface area contributed by atoms with E-state index in [4.69, 9.17) is 18.0 Å². The molecule has 0 radical (unpaired) electrons. The van der Waals surface area contributed by atoms with Crippen molar-refractivity contribution in [1.82, 2.24) is 4.90 Å². The van der Waals surface area contributed by atoms with Gasteiger partial charge in [-0.25, -0.2) is 0 Å². The van der Waals surface area contributed by atoms with Crippen LogP contribution >= 0.6 is 39.5 Å². The lowest BCUT2D eigenvalue weighted by atomic mass is 10.2. The van der Waals surface area contributed by atoms with Crippen molar-refractivity contribution in [2.24, 2.45) is 11.7 Å². The van der Waals surface area contributed by atoms with Gasteiger partial charge in [-0.3, -0.25) is 4.90 Å². The van der Waals surface area contributed by atoms with Crippen LogP contribution in [0.3, 0.4) is 0 Å². The van der Waals surface area contributed by atoms with Crippen molar-refractivity contribution in [3.8, 4) is 0 Å². The minimum Gasteiger partial charge on any atom is -0.393 e. The molecule has 0 spiro atoms. The summed E-state index contributed by atoms with van der Waals surface area (Å²) in [5.41, 5.74) is 5.57. The number of halogens is 1. The van der Waals surface area contributed by atoms with Crippen LogP contribution in [0.25, 0.3) is 0 Å². The third-order valence-corrected chi connectivity index (χ3v) is 4.19. The zero-order valence-corrected chi connectivity index (χ0v) is 13.5. The molecule has 0 aliphatic carbocycles. The molecule has 1 rings (SSSR count). The highest BCUT2D eigenvalue weighted by Crippen LogP contribution is 2.21. The van der Waals surface area contributed by atoms with Crippen molar-refractivity contribution < 1.29 is 0 Å². The number of hydrogen-bond acceptors (Lipinski definition) is 3. The van der Waals surface area contributed by atoms with Gasteiger partial charge in [0.1, 0.15) is 0 Å². The predicted molar refractivity (Wildman–Crippen MR) is 83.5 cm³/mol. The Labute approximate surface area is 121 Å². The average molecular weight is 335 g/mol. The first-order valence-corrected chi connectivity index (χ1v) is 7.79. The Hall–Kier alpha value is 0.0300. The highest BCUT2D eigenvalue weighted by atomic mass is 79.9. The van der Waals surface area contributed by atoms with Gasteiger partial charge in [0.05, 0.1) is 4.99 Å².